The van der Waals surface area contributed by atoms with Crippen LogP contribution in [0.15, 0.2) is 24.3 Å². The number of ether oxygens (including phenoxy) is 1. The third-order valence-corrected chi connectivity index (χ3v) is 2.21. The summed E-state index contributed by atoms with van der Waals surface area (Å²) in [7, 11) is 0. The number of amides is 1. The molecular formula is C10H9NO4. The molecule has 5 heteroatoms. The van der Waals surface area contributed by atoms with Crippen LogP contribution in [0.1, 0.15) is 22.0 Å². The van der Waals surface area contributed by atoms with Crippen molar-refractivity contribution in [2.24, 2.45) is 0 Å². The first-order chi connectivity index (χ1) is 7.16. The molecule has 1 aromatic carbocycles. The maximum absolute atomic E-state index is 10.8. The molecule has 1 aliphatic rings. The van der Waals surface area contributed by atoms with Gasteiger partial charge in [-0.1, -0.05) is 12.1 Å². The van der Waals surface area contributed by atoms with Crippen LogP contribution in [0.5, 0.6) is 0 Å². The summed E-state index contributed by atoms with van der Waals surface area (Å²) in [5.41, 5.74) is 0.939. The van der Waals surface area contributed by atoms with Gasteiger partial charge in [-0.25, -0.2) is 9.59 Å². The van der Waals surface area contributed by atoms with Crippen LogP contribution >= 0.6 is 0 Å². The Balaban J connectivity index is 2.25. The molecule has 5 nitrogen and oxygen atoms in total. The largest absolute Gasteiger partial charge is 0.478 e. The van der Waals surface area contributed by atoms with E-state index in [1.54, 1.807) is 12.1 Å². The van der Waals surface area contributed by atoms with Gasteiger partial charge in [0.2, 0.25) is 0 Å². The lowest BCUT2D eigenvalue weighted by Crippen LogP contribution is -2.18. The van der Waals surface area contributed by atoms with Crippen LogP contribution in [0, 0.1) is 0 Å². The van der Waals surface area contributed by atoms with Crippen molar-refractivity contribution < 1.29 is 19.4 Å². The molecule has 0 radical (unpaired) electrons. The van der Waals surface area contributed by atoms with E-state index in [1.807, 2.05) is 0 Å². The van der Waals surface area contributed by atoms with Gasteiger partial charge in [-0.2, -0.15) is 0 Å². The highest BCUT2D eigenvalue weighted by Gasteiger charge is 2.24. The minimum absolute atomic E-state index is 0.202. The van der Waals surface area contributed by atoms with Crippen LogP contribution in [-0.2, 0) is 4.74 Å². The second-order valence-corrected chi connectivity index (χ2v) is 3.23. The van der Waals surface area contributed by atoms with Crippen LogP contribution in [0.4, 0.5) is 4.79 Å². The molecule has 78 valence electrons. The number of carbonyl (C=O) groups excluding carboxylic acids is 1. The summed E-state index contributed by atoms with van der Waals surface area (Å²) in [5, 5.41) is 11.4. The maximum Gasteiger partial charge on any atom is 0.407 e. The second-order valence-electron chi connectivity index (χ2n) is 3.23. The first-order valence-corrected chi connectivity index (χ1v) is 4.43. The lowest BCUT2D eigenvalue weighted by molar-refractivity contribution is 0.0696. The number of hydrogen-bond acceptors (Lipinski definition) is 3. The predicted octanol–water partition coefficient (Wildman–Crippen LogP) is 1.17. The fourth-order valence-corrected chi connectivity index (χ4v) is 1.45. The van der Waals surface area contributed by atoms with Crippen LogP contribution < -0.4 is 5.32 Å². The zero-order valence-corrected chi connectivity index (χ0v) is 7.77. The molecule has 0 aromatic heterocycles. The number of carboxylic acid groups (broad SMARTS) is 1. The number of hydrogen-bond donors (Lipinski definition) is 2. The normalized spacial score (nSPS) is 19.5. The van der Waals surface area contributed by atoms with Crippen LogP contribution in [-0.4, -0.2) is 23.8 Å². The van der Waals surface area contributed by atoms with Crippen molar-refractivity contribution in [1.29, 1.82) is 0 Å². The van der Waals surface area contributed by atoms with Crippen molar-refractivity contribution in [2.45, 2.75) is 6.04 Å². The highest BCUT2D eigenvalue weighted by molar-refractivity contribution is 5.87. The number of alkyl carbamates (subject to hydrolysis) is 1. The van der Waals surface area contributed by atoms with E-state index in [2.05, 4.69) is 5.32 Å². The molecular weight excluding hydrogens is 198 g/mol. The van der Waals surface area contributed by atoms with E-state index in [0.717, 1.165) is 5.56 Å². The maximum atomic E-state index is 10.8. The SMILES string of the molecule is O=C1NC(c2cccc(C(=O)O)c2)CO1. The van der Waals surface area contributed by atoms with Crippen molar-refractivity contribution in [3.05, 3.63) is 35.4 Å². The lowest BCUT2D eigenvalue weighted by Gasteiger charge is -2.07. The molecule has 0 saturated carbocycles. The molecule has 1 unspecified atom stereocenters. The number of cyclic esters (lactones) is 1. The molecule has 0 bridgehead atoms. The van der Waals surface area contributed by atoms with Gasteiger partial charge >= 0.3 is 12.1 Å². The fourth-order valence-electron chi connectivity index (χ4n) is 1.45. The minimum Gasteiger partial charge on any atom is -0.478 e. The first-order valence-electron chi connectivity index (χ1n) is 4.43. The minimum atomic E-state index is -0.984. The molecule has 2 rings (SSSR count). The van der Waals surface area contributed by atoms with Gasteiger partial charge in [-0.15, -0.1) is 0 Å². The Hall–Kier alpha value is -2.04. The van der Waals surface area contributed by atoms with Gasteiger partial charge in [0.25, 0.3) is 0 Å². The summed E-state index contributed by atoms with van der Waals surface area (Å²) in [5.74, 6) is -0.984. The lowest BCUT2D eigenvalue weighted by atomic mass is 10.1. The summed E-state index contributed by atoms with van der Waals surface area (Å²) >= 11 is 0. The van der Waals surface area contributed by atoms with Gasteiger partial charge < -0.3 is 15.2 Å². The zero-order valence-electron chi connectivity index (χ0n) is 7.77. The average Bonchev–Trinajstić information content (AvgIpc) is 2.65. The molecule has 1 amide bonds. The van der Waals surface area contributed by atoms with E-state index in [1.165, 1.54) is 12.1 Å². The van der Waals surface area contributed by atoms with Crippen LogP contribution in [0.2, 0.25) is 0 Å². The Labute approximate surface area is 85.7 Å². The number of carboxylic acids is 1. The Morgan fingerprint density at radius 1 is 1.53 bits per heavy atom. The smallest absolute Gasteiger partial charge is 0.407 e. The van der Waals surface area contributed by atoms with Gasteiger partial charge in [0.15, 0.2) is 0 Å². The quantitative estimate of drug-likeness (QED) is 0.763. The summed E-state index contributed by atoms with van der Waals surface area (Å²) in [6, 6.07) is 6.18. The van der Waals surface area contributed by atoms with Gasteiger partial charge in [0.05, 0.1) is 11.6 Å². The monoisotopic (exact) mass is 207 g/mol. The topological polar surface area (TPSA) is 75.6 Å². The molecule has 1 atom stereocenters. The van der Waals surface area contributed by atoms with Gasteiger partial charge in [-0.05, 0) is 17.7 Å². The predicted molar refractivity (Wildman–Crippen MR) is 50.6 cm³/mol. The van der Waals surface area contributed by atoms with E-state index in [0.29, 0.717) is 0 Å². The van der Waals surface area contributed by atoms with Crippen LogP contribution in [0.25, 0.3) is 0 Å². The van der Waals surface area contributed by atoms with Gasteiger partial charge in [0, 0.05) is 0 Å². The molecule has 1 saturated heterocycles. The van der Waals surface area contributed by atoms with Gasteiger partial charge in [0.1, 0.15) is 6.61 Å². The average molecular weight is 207 g/mol. The summed E-state index contributed by atoms with van der Waals surface area (Å²) in [4.78, 5) is 21.5. The third kappa shape index (κ3) is 1.90. The Morgan fingerprint density at radius 3 is 2.93 bits per heavy atom. The van der Waals surface area contributed by atoms with Crippen molar-refractivity contribution >= 4 is 12.1 Å². The van der Waals surface area contributed by atoms with Crippen LogP contribution in [0.3, 0.4) is 0 Å². The number of rotatable bonds is 2. The van der Waals surface area contributed by atoms with E-state index in [9.17, 15) is 9.59 Å². The third-order valence-electron chi connectivity index (χ3n) is 2.21. The first kappa shape index (κ1) is 9.51. The number of carbonyl (C=O) groups is 2. The summed E-state index contributed by atoms with van der Waals surface area (Å²) < 4.78 is 4.72. The Bertz CT molecular complexity index is 416. The highest BCUT2D eigenvalue weighted by Crippen LogP contribution is 2.19. The fraction of sp³-hybridized carbons (Fsp3) is 0.200. The van der Waals surface area contributed by atoms with Gasteiger partial charge in [-0.3, -0.25) is 0 Å². The molecule has 0 spiro atoms. The summed E-state index contributed by atoms with van der Waals surface area (Å²) in [6.07, 6.45) is -0.472. The van der Waals surface area contributed by atoms with E-state index >= 15 is 0 Å². The highest BCUT2D eigenvalue weighted by atomic mass is 16.6. The Morgan fingerprint density at radius 2 is 2.33 bits per heavy atom. The number of benzene rings is 1. The van der Waals surface area contributed by atoms with E-state index < -0.39 is 12.1 Å². The standard InChI is InChI=1S/C10H9NO4/c12-9(13)7-3-1-2-6(4-7)8-5-15-10(14)11-8/h1-4,8H,5H2,(H,11,14)(H,12,13). The van der Waals surface area contributed by atoms with Crippen molar-refractivity contribution in [2.75, 3.05) is 6.61 Å². The zero-order chi connectivity index (χ0) is 10.8. The molecule has 1 aromatic rings. The van der Waals surface area contributed by atoms with E-state index in [4.69, 9.17) is 9.84 Å². The second kappa shape index (κ2) is 3.61. The molecule has 2 N–H and O–H groups in total. The molecule has 15 heavy (non-hydrogen) atoms. The molecule has 1 aliphatic heterocycles. The molecule has 0 aliphatic carbocycles. The van der Waals surface area contributed by atoms with Crippen molar-refractivity contribution in [3.8, 4) is 0 Å². The number of aromatic carboxylic acids is 1. The summed E-state index contributed by atoms with van der Waals surface area (Å²) in [6.45, 7) is 0.238. The Kier molecular flexibility index (Phi) is 2.29. The number of nitrogens with one attached hydrogen (secondary N) is 1. The van der Waals surface area contributed by atoms with E-state index in [-0.39, 0.29) is 18.2 Å². The van der Waals surface area contributed by atoms with Crippen molar-refractivity contribution in [3.63, 3.8) is 0 Å². The molecule has 1 fully saturated rings. The van der Waals surface area contributed by atoms with Crippen molar-refractivity contribution in [1.82, 2.24) is 5.32 Å². The molecule has 1 heterocycles.